The number of likely N-dealkylation sites (tertiary alicyclic amines) is 1. The molecule has 3 unspecified atom stereocenters. The molecule has 2 heterocycles. The van der Waals surface area contributed by atoms with Crippen molar-refractivity contribution in [1.82, 2.24) is 4.90 Å². The van der Waals surface area contributed by atoms with Crippen molar-refractivity contribution >= 4 is 17.5 Å². The van der Waals surface area contributed by atoms with Crippen LogP contribution in [0, 0.1) is 5.92 Å². The van der Waals surface area contributed by atoms with Gasteiger partial charge in [-0.15, -0.1) is 0 Å². The fourth-order valence-electron chi connectivity index (χ4n) is 2.87. The van der Waals surface area contributed by atoms with Crippen LogP contribution in [0.3, 0.4) is 0 Å². The van der Waals surface area contributed by atoms with Gasteiger partial charge < -0.3 is 5.11 Å². The number of fused-ring (bicyclic) bond motifs is 1. The molecule has 1 amide bonds. The summed E-state index contributed by atoms with van der Waals surface area (Å²) in [7, 11) is 0. The van der Waals surface area contributed by atoms with E-state index in [1.54, 1.807) is 0 Å². The Morgan fingerprint density at radius 2 is 2.25 bits per heavy atom. The Bertz CT molecular complexity index is 533. The molecular weight excluding hydrogens is 254 g/mol. The fraction of sp³-hybridized carbons (Fsp3) is 0.533. The van der Waals surface area contributed by atoms with E-state index < -0.39 is 0 Å². The Labute approximate surface area is 118 Å². The average molecular weight is 273 g/mol. The van der Waals surface area contributed by atoms with Crippen LogP contribution in [-0.4, -0.2) is 52.7 Å². The molecule has 0 aromatic rings. The number of amidine groups is 1. The smallest absolute Gasteiger partial charge is 0.260 e. The molecule has 1 aliphatic carbocycles. The summed E-state index contributed by atoms with van der Waals surface area (Å²) in [6.45, 7) is 3.53. The van der Waals surface area contributed by atoms with Crippen LogP contribution < -0.4 is 0 Å². The van der Waals surface area contributed by atoms with Gasteiger partial charge in [0.1, 0.15) is 11.8 Å². The predicted molar refractivity (Wildman–Crippen MR) is 77.9 cm³/mol. The molecule has 0 bridgehead atoms. The molecule has 3 atom stereocenters. The number of β-amino-alcohol motifs (C(OH)–C–C–N with tert-alkyl or cyclic N) is 1. The number of piperidine rings is 1. The SMILES string of the molecule is CC(C1=NC(=O)C2C=CC=CC2=N1)N1CCCC(O)C1. The number of rotatable bonds is 2. The lowest BCUT2D eigenvalue weighted by atomic mass is 9.96. The first kappa shape index (κ1) is 13.4. The van der Waals surface area contributed by atoms with Crippen molar-refractivity contribution in [3.8, 4) is 0 Å². The van der Waals surface area contributed by atoms with Gasteiger partial charge in [0.25, 0.3) is 5.91 Å². The number of amides is 1. The summed E-state index contributed by atoms with van der Waals surface area (Å²) in [6, 6.07) is -0.0401. The molecule has 106 valence electrons. The lowest BCUT2D eigenvalue weighted by Crippen LogP contribution is -2.47. The summed E-state index contributed by atoms with van der Waals surface area (Å²) in [6.07, 6.45) is 8.97. The van der Waals surface area contributed by atoms with E-state index in [0.29, 0.717) is 12.4 Å². The van der Waals surface area contributed by atoms with Gasteiger partial charge in [0.05, 0.1) is 17.9 Å². The predicted octanol–water partition coefficient (Wildman–Crippen LogP) is 0.954. The molecule has 5 heteroatoms. The second kappa shape index (κ2) is 5.42. The van der Waals surface area contributed by atoms with Crippen LogP contribution >= 0.6 is 0 Å². The number of aliphatic imine (C=N–C) groups is 2. The van der Waals surface area contributed by atoms with Crippen molar-refractivity contribution < 1.29 is 9.90 Å². The van der Waals surface area contributed by atoms with E-state index in [1.165, 1.54) is 0 Å². The van der Waals surface area contributed by atoms with Gasteiger partial charge in [-0.1, -0.05) is 18.2 Å². The molecule has 0 saturated carbocycles. The molecule has 3 aliphatic rings. The minimum atomic E-state index is -0.317. The molecule has 20 heavy (non-hydrogen) atoms. The fourth-order valence-corrected chi connectivity index (χ4v) is 2.87. The molecule has 0 spiro atoms. The van der Waals surface area contributed by atoms with E-state index in [1.807, 2.05) is 31.2 Å². The molecule has 0 radical (unpaired) electrons. The van der Waals surface area contributed by atoms with Gasteiger partial charge in [-0.05, 0) is 32.4 Å². The van der Waals surface area contributed by atoms with Crippen LogP contribution in [0.25, 0.3) is 0 Å². The Morgan fingerprint density at radius 3 is 3.05 bits per heavy atom. The zero-order chi connectivity index (χ0) is 14.1. The van der Waals surface area contributed by atoms with Crippen LogP contribution in [0.15, 0.2) is 34.3 Å². The van der Waals surface area contributed by atoms with Crippen molar-refractivity contribution in [1.29, 1.82) is 0 Å². The van der Waals surface area contributed by atoms with E-state index in [0.717, 1.165) is 25.1 Å². The largest absolute Gasteiger partial charge is 0.392 e. The summed E-state index contributed by atoms with van der Waals surface area (Å²) in [5.74, 6) is 0.105. The van der Waals surface area contributed by atoms with Crippen molar-refractivity contribution in [2.45, 2.75) is 31.9 Å². The number of carbonyl (C=O) groups is 1. The minimum absolute atomic E-state index is 0.0401. The molecule has 1 N–H and O–H groups in total. The van der Waals surface area contributed by atoms with E-state index in [4.69, 9.17) is 0 Å². The molecule has 5 nitrogen and oxygen atoms in total. The number of aliphatic hydroxyl groups excluding tert-OH is 1. The Morgan fingerprint density at radius 1 is 1.40 bits per heavy atom. The summed E-state index contributed by atoms with van der Waals surface area (Å²) in [5, 5.41) is 9.76. The number of carbonyl (C=O) groups excluding carboxylic acids is 1. The number of aliphatic hydroxyl groups is 1. The van der Waals surface area contributed by atoms with Gasteiger partial charge in [0.2, 0.25) is 0 Å². The summed E-state index contributed by atoms with van der Waals surface area (Å²) < 4.78 is 0. The quantitative estimate of drug-likeness (QED) is 0.814. The van der Waals surface area contributed by atoms with Gasteiger partial charge >= 0.3 is 0 Å². The zero-order valence-electron chi connectivity index (χ0n) is 11.6. The summed E-state index contributed by atoms with van der Waals surface area (Å²) >= 11 is 0. The normalized spacial score (nSPS) is 31.6. The average Bonchev–Trinajstić information content (AvgIpc) is 2.46. The molecule has 3 rings (SSSR count). The monoisotopic (exact) mass is 273 g/mol. The topological polar surface area (TPSA) is 65.3 Å². The molecular formula is C15H19N3O2. The van der Waals surface area contributed by atoms with Crippen LogP contribution in [0.5, 0.6) is 0 Å². The van der Waals surface area contributed by atoms with E-state index in [2.05, 4.69) is 14.9 Å². The number of nitrogens with zero attached hydrogens (tertiary/aromatic N) is 3. The summed E-state index contributed by atoms with van der Waals surface area (Å²) in [5.41, 5.74) is 0.770. The summed E-state index contributed by atoms with van der Waals surface area (Å²) in [4.78, 5) is 22.9. The van der Waals surface area contributed by atoms with Crippen LogP contribution in [0.2, 0.25) is 0 Å². The highest BCUT2D eigenvalue weighted by molar-refractivity contribution is 6.22. The second-order valence-corrected chi connectivity index (χ2v) is 5.53. The van der Waals surface area contributed by atoms with Crippen LogP contribution in [0.4, 0.5) is 0 Å². The molecule has 2 aliphatic heterocycles. The van der Waals surface area contributed by atoms with Gasteiger partial charge in [0, 0.05) is 6.54 Å². The third-order valence-corrected chi connectivity index (χ3v) is 4.08. The number of hydrogen-bond donors (Lipinski definition) is 1. The molecule has 0 aromatic heterocycles. The standard InChI is InChI=1S/C15H19N3O2/c1-10(18-8-4-5-11(19)9-18)14-16-13-7-3-2-6-12(13)15(20)17-14/h2-3,6-7,10-12,19H,4-5,8-9H2,1H3. The highest BCUT2D eigenvalue weighted by Gasteiger charge is 2.31. The first-order chi connectivity index (χ1) is 9.65. The third-order valence-electron chi connectivity index (χ3n) is 4.08. The van der Waals surface area contributed by atoms with Crippen molar-refractivity contribution in [2.24, 2.45) is 15.9 Å². The van der Waals surface area contributed by atoms with Crippen molar-refractivity contribution in [3.63, 3.8) is 0 Å². The van der Waals surface area contributed by atoms with E-state index >= 15 is 0 Å². The van der Waals surface area contributed by atoms with Gasteiger partial charge in [-0.25, -0.2) is 4.99 Å². The van der Waals surface area contributed by atoms with E-state index in [9.17, 15) is 9.90 Å². The van der Waals surface area contributed by atoms with Gasteiger partial charge in [-0.3, -0.25) is 9.69 Å². The van der Waals surface area contributed by atoms with Crippen molar-refractivity contribution in [3.05, 3.63) is 24.3 Å². The maximum Gasteiger partial charge on any atom is 0.260 e. The maximum absolute atomic E-state index is 12.1. The van der Waals surface area contributed by atoms with Gasteiger partial charge in [0.15, 0.2) is 0 Å². The van der Waals surface area contributed by atoms with E-state index in [-0.39, 0.29) is 24.0 Å². The number of hydrogen-bond acceptors (Lipinski definition) is 4. The lowest BCUT2D eigenvalue weighted by molar-refractivity contribution is -0.118. The van der Waals surface area contributed by atoms with Crippen molar-refractivity contribution in [2.75, 3.05) is 13.1 Å². The molecule has 0 aromatic carbocycles. The molecule has 1 saturated heterocycles. The molecule has 1 fully saturated rings. The lowest BCUT2D eigenvalue weighted by Gasteiger charge is -2.35. The van der Waals surface area contributed by atoms with Crippen LogP contribution in [-0.2, 0) is 4.79 Å². The first-order valence-corrected chi connectivity index (χ1v) is 7.13. The zero-order valence-corrected chi connectivity index (χ0v) is 11.6. The minimum Gasteiger partial charge on any atom is -0.392 e. The third kappa shape index (κ3) is 2.51. The second-order valence-electron chi connectivity index (χ2n) is 5.53. The highest BCUT2D eigenvalue weighted by Crippen LogP contribution is 2.20. The Balaban J connectivity index is 1.80. The van der Waals surface area contributed by atoms with Crippen LogP contribution in [0.1, 0.15) is 19.8 Å². The Hall–Kier alpha value is -1.59. The number of allylic oxidation sites excluding steroid dienone is 3. The highest BCUT2D eigenvalue weighted by atomic mass is 16.3. The Kier molecular flexibility index (Phi) is 3.63. The maximum atomic E-state index is 12.1. The first-order valence-electron chi connectivity index (χ1n) is 7.13. The van der Waals surface area contributed by atoms with Gasteiger partial charge in [-0.2, -0.15) is 4.99 Å².